The number of methoxy groups -OCH3 is 1. The predicted octanol–water partition coefficient (Wildman–Crippen LogP) is 3.65. The quantitative estimate of drug-likeness (QED) is 0.548. The smallest absolute Gasteiger partial charge is 0.255 e. The van der Waals surface area contributed by atoms with Crippen LogP contribution in [0.2, 0.25) is 0 Å². The van der Waals surface area contributed by atoms with Crippen molar-refractivity contribution in [3.63, 3.8) is 0 Å². The van der Waals surface area contributed by atoms with E-state index in [0.29, 0.717) is 12.1 Å². The van der Waals surface area contributed by atoms with Crippen LogP contribution in [0, 0.1) is 0 Å². The number of nitrogens with zero attached hydrogens (tertiary/aromatic N) is 4. The van der Waals surface area contributed by atoms with Crippen molar-refractivity contribution in [3.8, 4) is 16.9 Å². The van der Waals surface area contributed by atoms with Gasteiger partial charge in [-0.3, -0.25) is 4.79 Å². The topological polar surface area (TPSA) is 81.9 Å². The zero-order valence-corrected chi connectivity index (χ0v) is 15.8. The number of benzene rings is 3. The molecule has 4 aromatic rings. The Balaban J connectivity index is 1.51. The molecule has 0 aliphatic heterocycles. The fourth-order valence-electron chi connectivity index (χ4n) is 3.01. The van der Waals surface area contributed by atoms with Gasteiger partial charge in [-0.05, 0) is 51.9 Å². The fourth-order valence-corrected chi connectivity index (χ4v) is 3.01. The van der Waals surface area contributed by atoms with E-state index in [1.807, 2.05) is 60.7 Å². The van der Waals surface area contributed by atoms with Gasteiger partial charge >= 0.3 is 0 Å². The molecular formula is C22H19N5O2. The van der Waals surface area contributed by atoms with Gasteiger partial charge in [0.15, 0.2) is 0 Å². The largest absolute Gasteiger partial charge is 0.497 e. The normalized spacial score (nSPS) is 10.5. The molecule has 3 aromatic carbocycles. The molecular weight excluding hydrogens is 366 g/mol. The summed E-state index contributed by atoms with van der Waals surface area (Å²) in [6.45, 7) is 0.551. The number of aromatic nitrogens is 4. The zero-order chi connectivity index (χ0) is 20.1. The van der Waals surface area contributed by atoms with Crippen LogP contribution in [0.3, 0.4) is 0 Å². The van der Waals surface area contributed by atoms with Crippen LogP contribution in [0.25, 0.3) is 11.1 Å². The Bertz CT molecular complexity index is 1090. The molecule has 4 rings (SSSR count). The number of rotatable bonds is 6. The maximum absolute atomic E-state index is 12.8. The van der Waals surface area contributed by atoms with Crippen LogP contribution in [-0.2, 0) is 6.54 Å². The summed E-state index contributed by atoms with van der Waals surface area (Å²) in [7, 11) is 1.64. The number of carbonyl (C=O) groups excluding carboxylic acids is 1. The van der Waals surface area contributed by atoms with Crippen LogP contribution in [0.4, 0.5) is 5.69 Å². The van der Waals surface area contributed by atoms with E-state index in [4.69, 9.17) is 4.74 Å². The molecule has 29 heavy (non-hydrogen) atoms. The molecule has 0 bridgehead atoms. The van der Waals surface area contributed by atoms with Gasteiger partial charge in [0.1, 0.15) is 12.1 Å². The maximum Gasteiger partial charge on any atom is 0.255 e. The van der Waals surface area contributed by atoms with Gasteiger partial charge in [0, 0.05) is 16.8 Å². The molecule has 1 aromatic heterocycles. The van der Waals surface area contributed by atoms with Crippen molar-refractivity contribution in [2.24, 2.45) is 0 Å². The molecule has 7 nitrogen and oxygen atoms in total. The van der Waals surface area contributed by atoms with Gasteiger partial charge in [-0.15, -0.1) is 5.10 Å². The number of hydrogen-bond donors (Lipinski definition) is 1. The van der Waals surface area contributed by atoms with E-state index in [2.05, 4.69) is 20.8 Å². The number of amides is 1. The molecule has 0 spiro atoms. The van der Waals surface area contributed by atoms with E-state index in [9.17, 15) is 4.79 Å². The summed E-state index contributed by atoms with van der Waals surface area (Å²) < 4.78 is 6.84. The first kappa shape index (κ1) is 18.4. The summed E-state index contributed by atoms with van der Waals surface area (Å²) in [6.07, 6.45) is 1.55. The summed E-state index contributed by atoms with van der Waals surface area (Å²) in [6, 6.07) is 22.8. The van der Waals surface area contributed by atoms with E-state index >= 15 is 0 Å². The van der Waals surface area contributed by atoms with Crippen LogP contribution in [0.1, 0.15) is 15.9 Å². The van der Waals surface area contributed by atoms with Crippen LogP contribution >= 0.6 is 0 Å². The van der Waals surface area contributed by atoms with Gasteiger partial charge in [0.2, 0.25) is 0 Å². The molecule has 144 valence electrons. The van der Waals surface area contributed by atoms with Gasteiger partial charge in [-0.1, -0.05) is 42.5 Å². The molecule has 1 N–H and O–H groups in total. The van der Waals surface area contributed by atoms with Crippen LogP contribution in [-0.4, -0.2) is 33.2 Å². The summed E-state index contributed by atoms with van der Waals surface area (Å²) in [5.74, 6) is 0.622. The number of anilines is 1. The minimum Gasteiger partial charge on any atom is -0.497 e. The first-order valence-corrected chi connectivity index (χ1v) is 9.07. The Morgan fingerprint density at radius 1 is 1.00 bits per heavy atom. The molecule has 7 heteroatoms. The fraction of sp³-hybridized carbons (Fsp3) is 0.0909. The lowest BCUT2D eigenvalue weighted by Gasteiger charge is -2.12. The second-order valence-electron chi connectivity index (χ2n) is 6.43. The van der Waals surface area contributed by atoms with Crippen molar-refractivity contribution in [2.45, 2.75) is 6.54 Å². The molecule has 0 aliphatic rings. The predicted molar refractivity (Wildman–Crippen MR) is 110 cm³/mol. The van der Waals surface area contributed by atoms with Crippen LogP contribution < -0.4 is 10.1 Å². The highest BCUT2D eigenvalue weighted by Crippen LogP contribution is 2.29. The standard InChI is InChI=1S/C22H19N5O2/c1-29-19-12-10-17(11-13-19)20-4-2-3-5-21(20)24-22(28)18-8-6-16(7-9-18)14-27-15-23-25-26-27/h2-13,15H,14H2,1H3,(H,24,28). The second-order valence-corrected chi connectivity index (χ2v) is 6.43. The molecule has 0 aliphatic carbocycles. The Kier molecular flexibility index (Phi) is 5.29. The van der Waals surface area contributed by atoms with E-state index in [1.54, 1.807) is 30.3 Å². The first-order valence-electron chi connectivity index (χ1n) is 9.07. The Hall–Kier alpha value is -4.00. The lowest BCUT2D eigenvalue weighted by Crippen LogP contribution is -2.12. The van der Waals surface area contributed by atoms with Gasteiger partial charge in [0.05, 0.1) is 13.7 Å². The molecule has 0 saturated heterocycles. The molecule has 0 radical (unpaired) electrons. The number of nitrogens with one attached hydrogen (secondary N) is 1. The number of hydrogen-bond acceptors (Lipinski definition) is 5. The molecule has 0 saturated carbocycles. The molecule has 0 fully saturated rings. The molecule has 1 heterocycles. The average Bonchev–Trinajstić information content (AvgIpc) is 3.28. The third-order valence-electron chi connectivity index (χ3n) is 4.53. The van der Waals surface area contributed by atoms with Crippen molar-refractivity contribution in [3.05, 3.63) is 90.3 Å². The average molecular weight is 385 g/mol. The highest BCUT2D eigenvalue weighted by atomic mass is 16.5. The number of carbonyl (C=O) groups is 1. The van der Waals surface area contributed by atoms with Crippen LogP contribution in [0.5, 0.6) is 5.75 Å². The first-order chi connectivity index (χ1) is 14.2. The van der Waals surface area contributed by atoms with E-state index < -0.39 is 0 Å². The highest BCUT2D eigenvalue weighted by Gasteiger charge is 2.11. The number of para-hydroxylation sites is 1. The highest BCUT2D eigenvalue weighted by molar-refractivity contribution is 6.06. The number of ether oxygens (including phenoxy) is 1. The van der Waals surface area contributed by atoms with E-state index in [-0.39, 0.29) is 5.91 Å². The minimum atomic E-state index is -0.167. The third-order valence-corrected chi connectivity index (χ3v) is 4.53. The zero-order valence-electron chi connectivity index (χ0n) is 15.8. The SMILES string of the molecule is COc1ccc(-c2ccccc2NC(=O)c2ccc(Cn3cnnn3)cc2)cc1. The van der Waals surface area contributed by atoms with Crippen molar-refractivity contribution in [1.82, 2.24) is 20.2 Å². The lowest BCUT2D eigenvalue weighted by molar-refractivity contribution is 0.102. The molecule has 0 atom stereocenters. The van der Waals surface area contributed by atoms with E-state index in [0.717, 1.165) is 28.1 Å². The van der Waals surface area contributed by atoms with Gasteiger partial charge < -0.3 is 10.1 Å². The maximum atomic E-state index is 12.8. The Labute approximate surface area is 168 Å². The summed E-state index contributed by atoms with van der Waals surface area (Å²) in [5, 5.41) is 14.1. The van der Waals surface area contributed by atoms with Crippen molar-refractivity contribution in [2.75, 3.05) is 12.4 Å². The van der Waals surface area contributed by atoms with Gasteiger partial charge in [-0.25, -0.2) is 4.68 Å². The lowest BCUT2D eigenvalue weighted by atomic mass is 10.0. The molecule has 1 amide bonds. The monoisotopic (exact) mass is 385 g/mol. The van der Waals surface area contributed by atoms with Gasteiger partial charge in [0.25, 0.3) is 5.91 Å². The van der Waals surface area contributed by atoms with Crippen molar-refractivity contribution >= 4 is 11.6 Å². The second kappa shape index (κ2) is 8.35. The van der Waals surface area contributed by atoms with Crippen LogP contribution in [0.15, 0.2) is 79.1 Å². The summed E-state index contributed by atoms with van der Waals surface area (Å²) in [4.78, 5) is 12.8. The van der Waals surface area contributed by atoms with Crippen molar-refractivity contribution in [1.29, 1.82) is 0 Å². The summed E-state index contributed by atoms with van der Waals surface area (Å²) >= 11 is 0. The third kappa shape index (κ3) is 4.30. The Morgan fingerprint density at radius 2 is 1.76 bits per heavy atom. The number of tetrazole rings is 1. The van der Waals surface area contributed by atoms with Gasteiger partial charge in [-0.2, -0.15) is 0 Å². The molecule has 0 unspecified atom stereocenters. The summed E-state index contributed by atoms with van der Waals surface area (Å²) in [5.41, 5.74) is 4.28. The Morgan fingerprint density at radius 3 is 2.45 bits per heavy atom. The minimum absolute atomic E-state index is 0.167. The van der Waals surface area contributed by atoms with Crippen molar-refractivity contribution < 1.29 is 9.53 Å². The van der Waals surface area contributed by atoms with E-state index in [1.165, 1.54) is 0 Å².